The number of benzene rings is 1. The average molecular weight is 318 g/mol. The number of rotatable bonds is 4. The van der Waals surface area contributed by atoms with Gasteiger partial charge in [-0.25, -0.2) is 4.79 Å². The Morgan fingerprint density at radius 1 is 1.18 bits per heavy atom. The van der Waals surface area contributed by atoms with Gasteiger partial charge in [-0.1, -0.05) is 23.7 Å². The van der Waals surface area contributed by atoms with Gasteiger partial charge in [0.05, 0.1) is 12.1 Å². The maximum atomic E-state index is 12.4. The van der Waals surface area contributed by atoms with Gasteiger partial charge in [0.25, 0.3) is 0 Å². The van der Waals surface area contributed by atoms with Gasteiger partial charge in [0.15, 0.2) is 0 Å². The zero-order valence-corrected chi connectivity index (χ0v) is 13.7. The molecule has 0 unspecified atom stereocenters. The Hall–Kier alpha value is -2.07. The molecule has 1 aromatic heterocycles. The Labute approximate surface area is 136 Å². The molecule has 1 heterocycles. The van der Waals surface area contributed by atoms with E-state index in [4.69, 9.17) is 11.6 Å². The van der Waals surface area contributed by atoms with Crippen LogP contribution in [0, 0.1) is 0 Å². The van der Waals surface area contributed by atoms with E-state index in [0.717, 1.165) is 11.1 Å². The first-order valence-electron chi connectivity index (χ1n) is 7.17. The summed E-state index contributed by atoms with van der Waals surface area (Å²) in [5, 5.41) is 3.66. The summed E-state index contributed by atoms with van der Waals surface area (Å²) in [6.07, 6.45) is 3.44. The van der Waals surface area contributed by atoms with Crippen LogP contribution in [0.2, 0.25) is 5.02 Å². The number of amides is 2. The summed E-state index contributed by atoms with van der Waals surface area (Å²) in [6, 6.07) is 11.1. The van der Waals surface area contributed by atoms with Crippen molar-refractivity contribution in [2.24, 2.45) is 0 Å². The fourth-order valence-corrected chi connectivity index (χ4v) is 2.39. The Balaban J connectivity index is 2.02. The third-order valence-corrected chi connectivity index (χ3v) is 4.01. The van der Waals surface area contributed by atoms with Gasteiger partial charge in [0, 0.05) is 24.5 Å². The fraction of sp³-hybridized carbons (Fsp3) is 0.294. The molecule has 0 spiro atoms. The van der Waals surface area contributed by atoms with Gasteiger partial charge in [-0.3, -0.25) is 4.98 Å². The molecule has 5 heteroatoms. The number of hydrogen-bond acceptors (Lipinski definition) is 2. The second-order valence-electron chi connectivity index (χ2n) is 5.29. The minimum atomic E-state index is -0.128. The van der Waals surface area contributed by atoms with Crippen molar-refractivity contribution in [3.63, 3.8) is 0 Å². The molecule has 0 aliphatic carbocycles. The molecule has 0 saturated carbocycles. The van der Waals surface area contributed by atoms with Crippen molar-refractivity contribution in [2.75, 3.05) is 7.05 Å². The zero-order valence-electron chi connectivity index (χ0n) is 13.0. The van der Waals surface area contributed by atoms with Crippen LogP contribution in [0.15, 0.2) is 48.8 Å². The number of halogens is 1. The van der Waals surface area contributed by atoms with E-state index in [9.17, 15) is 4.79 Å². The van der Waals surface area contributed by atoms with Crippen molar-refractivity contribution in [3.05, 3.63) is 64.9 Å². The van der Waals surface area contributed by atoms with E-state index >= 15 is 0 Å². The third-order valence-electron chi connectivity index (χ3n) is 3.78. The highest BCUT2D eigenvalue weighted by Gasteiger charge is 2.19. The van der Waals surface area contributed by atoms with Crippen LogP contribution < -0.4 is 5.32 Å². The van der Waals surface area contributed by atoms with Gasteiger partial charge in [0.1, 0.15) is 0 Å². The maximum Gasteiger partial charge on any atom is 0.318 e. The van der Waals surface area contributed by atoms with Gasteiger partial charge in [0.2, 0.25) is 0 Å². The van der Waals surface area contributed by atoms with Gasteiger partial charge < -0.3 is 10.2 Å². The number of nitrogens with zero attached hydrogens (tertiary/aromatic N) is 2. The molecule has 1 aromatic carbocycles. The molecule has 0 fully saturated rings. The van der Waals surface area contributed by atoms with Crippen molar-refractivity contribution in [3.8, 4) is 0 Å². The van der Waals surface area contributed by atoms with Crippen molar-refractivity contribution in [1.82, 2.24) is 15.2 Å². The number of hydrogen-bond donors (Lipinski definition) is 1. The molecule has 4 nitrogen and oxygen atoms in total. The van der Waals surface area contributed by atoms with E-state index in [0.29, 0.717) is 5.02 Å². The summed E-state index contributed by atoms with van der Waals surface area (Å²) in [5.41, 5.74) is 2.02. The molecule has 116 valence electrons. The lowest BCUT2D eigenvalue weighted by Crippen LogP contribution is -2.39. The highest BCUT2D eigenvalue weighted by atomic mass is 35.5. The summed E-state index contributed by atoms with van der Waals surface area (Å²) in [4.78, 5) is 18.0. The zero-order chi connectivity index (χ0) is 16.1. The lowest BCUT2D eigenvalue weighted by molar-refractivity contribution is 0.191. The second kappa shape index (κ2) is 7.27. The predicted molar refractivity (Wildman–Crippen MR) is 88.8 cm³/mol. The summed E-state index contributed by atoms with van der Waals surface area (Å²) >= 11 is 6.01. The number of urea groups is 1. The van der Waals surface area contributed by atoms with Crippen LogP contribution >= 0.6 is 11.6 Å². The number of carbonyl (C=O) groups excluding carboxylic acids is 1. The summed E-state index contributed by atoms with van der Waals surface area (Å²) in [6.45, 7) is 3.92. The van der Waals surface area contributed by atoms with Crippen LogP contribution in [0.5, 0.6) is 0 Å². The van der Waals surface area contributed by atoms with Crippen LogP contribution in [-0.2, 0) is 0 Å². The number of nitrogens with one attached hydrogen (secondary N) is 1. The second-order valence-corrected chi connectivity index (χ2v) is 5.73. The van der Waals surface area contributed by atoms with Crippen LogP contribution in [0.4, 0.5) is 4.79 Å². The third kappa shape index (κ3) is 3.98. The predicted octanol–water partition coefficient (Wildman–Crippen LogP) is 4.20. The Bertz CT molecular complexity index is 633. The molecule has 2 amide bonds. The first-order valence-corrected chi connectivity index (χ1v) is 7.55. The Kier molecular flexibility index (Phi) is 5.39. The molecule has 0 aliphatic rings. The average Bonchev–Trinajstić information content (AvgIpc) is 2.54. The van der Waals surface area contributed by atoms with Crippen LogP contribution in [0.3, 0.4) is 0 Å². The highest BCUT2D eigenvalue weighted by Crippen LogP contribution is 2.22. The number of aromatic nitrogens is 1. The lowest BCUT2D eigenvalue weighted by Gasteiger charge is -2.27. The van der Waals surface area contributed by atoms with Crippen molar-refractivity contribution in [1.29, 1.82) is 0 Å². The molecule has 0 saturated heterocycles. The minimum Gasteiger partial charge on any atom is -0.331 e. The summed E-state index contributed by atoms with van der Waals surface area (Å²) in [5.74, 6) is 0. The quantitative estimate of drug-likeness (QED) is 0.918. The van der Waals surface area contributed by atoms with E-state index in [1.54, 1.807) is 24.3 Å². The topological polar surface area (TPSA) is 45.2 Å². The maximum absolute atomic E-state index is 12.4. The number of carbonyl (C=O) groups is 1. The molecule has 2 rings (SSSR count). The summed E-state index contributed by atoms with van der Waals surface area (Å²) < 4.78 is 0. The normalized spacial score (nSPS) is 13.3. The molecule has 1 N–H and O–H groups in total. The van der Waals surface area contributed by atoms with E-state index < -0.39 is 0 Å². The molecule has 0 bridgehead atoms. The molecule has 0 radical (unpaired) electrons. The molecule has 22 heavy (non-hydrogen) atoms. The first kappa shape index (κ1) is 16.3. The van der Waals surface area contributed by atoms with Gasteiger partial charge in [-0.2, -0.15) is 0 Å². The SMILES string of the molecule is C[C@H](c1cccc(Cl)c1)N(C)C(=O)N[C@H](C)c1ccncc1. The first-order chi connectivity index (χ1) is 10.5. The highest BCUT2D eigenvalue weighted by molar-refractivity contribution is 6.30. The summed E-state index contributed by atoms with van der Waals surface area (Å²) in [7, 11) is 1.78. The number of pyridine rings is 1. The van der Waals surface area contributed by atoms with Crippen molar-refractivity contribution in [2.45, 2.75) is 25.9 Å². The monoisotopic (exact) mass is 317 g/mol. The van der Waals surface area contributed by atoms with Crippen molar-refractivity contribution < 1.29 is 4.79 Å². The van der Waals surface area contributed by atoms with E-state index in [2.05, 4.69) is 10.3 Å². The standard InChI is InChI=1S/C17H20ClN3O/c1-12(14-7-9-19-10-8-14)20-17(22)21(3)13(2)15-5-4-6-16(18)11-15/h4-13H,1-3H3,(H,20,22)/t12-,13-/m1/s1. The van der Waals surface area contributed by atoms with Crippen LogP contribution in [0.25, 0.3) is 0 Å². The Morgan fingerprint density at radius 2 is 1.86 bits per heavy atom. The van der Waals surface area contributed by atoms with E-state index in [1.165, 1.54) is 0 Å². The van der Waals surface area contributed by atoms with E-state index in [-0.39, 0.29) is 18.1 Å². The van der Waals surface area contributed by atoms with Crippen LogP contribution in [-0.4, -0.2) is 23.0 Å². The minimum absolute atomic E-state index is 0.0664. The Morgan fingerprint density at radius 3 is 2.50 bits per heavy atom. The fourth-order valence-electron chi connectivity index (χ4n) is 2.19. The molecular formula is C17H20ClN3O. The van der Waals surface area contributed by atoms with Gasteiger partial charge in [-0.15, -0.1) is 0 Å². The molecule has 2 aromatic rings. The van der Waals surface area contributed by atoms with Crippen molar-refractivity contribution >= 4 is 17.6 Å². The molecular weight excluding hydrogens is 298 g/mol. The van der Waals surface area contributed by atoms with Crippen LogP contribution in [0.1, 0.15) is 37.1 Å². The van der Waals surface area contributed by atoms with Gasteiger partial charge >= 0.3 is 6.03 Å². The smallest absolute Gasteiger partial charge is 0.318 e. The lowest BCUT2D eigenvalue weighted by atomic mass is 10.1. The largest absolute Gasteiger partial charge is 0.331 e. The van der Waals surface area contributed by atoms with Gasteiger partial charge in [-0.05, 0) is 49.2 Å². The molecule has 2 atom stereocenters. The molecule has 0 aliphatic heterocycles. The van der Waals surface area contributed by atoms with E-state index in [1.807, 2.05) is 50.2 Å².